The summed E-state index contributed by atoms with van der Waals surface area (Å²) in [6.07, 6.45) is 6.85. The van der Waals surface area contributed by atoms with Crippen molar-refractivity contribution in [2.45, 2.75) is 62.4 Å². The SMILES string of the molecule is CN(C)C(=O)C1(N2CCCCC2CCC(CN(C)C(=O)c2ccc3ccccc3c2)c2ccc(Cl)c(Cl)c2)CCNCC1. The van der Waals surface area contributed by atoms with Crippen molar-refractivity contribution in [1.82, 2.24) is 20.0 Å². The smallest absolute Gasteiger partial charge is 0.253 e. The molecule has 6 nitrogen and oxygen atoms in total. The molecule has 230 valence electrons. The number of benzene rings is 3. The van der Waals surface area contributed by atoms with Gasteiger partial charge in [0.25, 0.3) is 5.91 Å². The minimum absolute atomic E-state index is 0.000319. The van der Waals surface area contributed by atoms with Gasteiger partial charge in [-0.1, -0.05) is 66.0 Å². The number of hydrogen-bond acceptors (Lipinski definition) is 4. The van der Waals surface area contributed by atoms with Crippen molar-refractivity contribution in [3.63, 3.8) is 0 Å². The highest BCUT2D eigenvalue weighted by molar-refractivity contribution is 6.42. The molecule has 2 amide bonds. The molecule has 0 radical (unpaired) electrons. The molecular formula is C35H44Cl2N4O2. The van der Waals surface area contributed by atoms with Crippen molar-refractivity contribution in [2.75, 3.05) is 47.3 Å². The molecule has 8 heteroatoms. The summed E-state index contributed by atoms with van der Waals surface area (Å²) in [6, 6.07) is 20.1. The van der Waals surface area contributed by atoms with Gasteiger partial charge in [0.05, 0.1) is 10.0 Å². The molecule has 3 aromatic rings. The van der Waals surface area contributed by atoms with E-state index in [9.17, 15) is 9.59 Å². The number of rotatable bonds is 9. The van der Waals surface area contributed by atoms with Crippen molar-refractivity contribution in [2.24, 2.45) is 0 Å². The van der Waals surface area contributed by atoms with Crippen LogP contribution in [0.15, 0.2) is 60.7 Å². The highest BCUT2D eigenvalue weighted by Crippen LogP contribution is 2.38. The van der Waals surface area contributed by atoms with Crippen LogP contribution in [0.3, 0.4) is 0 Å². The molecular weight excluding hydrogens is 579 g/mol. The summed E-state index contributed by atoms with van der Waals surface area (Å²) in [7, 11) is 5.65. The Hall–Kier alpha value is -2.64. The molecule has 2 aliphatic rings. The predicted octanol–water partition coefficient (Wildman–Crippen LogP) is 6.85. The van der Waals surface area contributed by atoms with Crippen molar-refractivity contribution < 1.29 is 9.59 Å². The second kappa shape index (κ2) is 14.0. The minimum atomic E-state index is -0.457. The Balaban J connectivity index is 1.38. The van der Waals surface area contributed by atoms with Gasteiger partial charge in [-0.3, -0.25) is 14.5 Å². The first-order chi connectivity index (χ1) is 20.7. The summed E-state index contributed by atoms with van der Waals surface area (Å²) in [4.78, 5) is 33.5. The van der Waals surface area contributed by atoms with Crippen LogP contribution in [0.25, 0.3) is 10.8 Å². The fourth-order valence-electron chi connectivity index (χ4n) is 7.22. The molecule has 2 heterocycles. The molecule has 43 heavy (non-hydrogen) atoms. The lowest BCUT2D eigenvalue weighted by atomic mass is 9.80. The van der Waals surface area contributed by atoms with Gasteiger partial charge in [0.1, 0.15) is 5.54 Å². The van der Waals surface area contributed by atoms with Crippen LogP contribution in [0.1, 0.15) is 66.8 Å². The fourth-order valence-corrected chi connectivity index (χ4v) is 7.53. The third-order valence-electron chi connectivity index (χ3n) is 9.51. The lowest BCUT2D eigenvalue weighted by Crippen LogP contribution is -2.66. The normalized spacial score (nSPS) is 19.6. The summed E-state index contributed by atoms with van der Waals surface area (Å²) >= 11 is 12.8. The number of halogens is 2. The van der Waals surface area contributed by atoms with Crippen molar-refractivity contribution in [3.05, 3.63) is 81.8 Å². The molecule has 1 N–H and O–H groups in total. The molecule has 2 saturated heterocycles. The molecule has 0 aromatic heterocycles. The first kappa shape index (κ1) is 31.8. The van der Waals surface area contributed by atoms with Gasteiger partial charge in [-0.25, -0.2) is 0 Å². The first-order valence-electron chi connectivity index (χ1n) is 15.6. The first-order valence-corrected chi connectivity index (χ1v) is 16.3. The summed E-state index contributed by atoms with van der Waals surface area (Å²) in [5, 5.41) is 6.69. The fraction of sp³-hybridized carbons (Fsp3) is 0.486. The highest BCUT2D eigenvalue weighted by Gasteiger charge is 2.48. The van der Waals surface area contributed by atoms with E-state index in [-0.39, 0.29) is 17.7 Å². The number of likely N-dealkylation sites (N-methyl/N-ethyl adjacent to an activating group) is 2. The van der Waals surface area contributed by atoms with Crippen LogP contribution in [0, 0.1) is 0 Å². The highest BCUT2D eigenvalue weighted by atomic mass is 35.5. The number of hydrogen-bond donors (Lipinski definition) is 1. The summed E-state index contributed by atoms with van der Waals surface area (Å²) in [5.41, 5.74) is 1.31. The van der Waals surface area contributed by atoms with Crippen LogP contribution in [0.2, 0.25) is 10.0 Å². The monoisotopic (exact) mass is 622 g/mol. The topological polar surface area (TPSA) is 55.9 Å². The lowest BCUT2D eigenvalue weighted by molar-refractivity contribution is -0.148. The number of amides is 2. The van der Waals surface area contributed by atoms with Gasteiger partial charge in [-0.15, -0.1) is 0 Å². The summed E-state index contributed by atoms with van der Waals surface area (Å²) in [5.74, 6) is 0.296. The average Bonchev–Trinajstić information content (AvgIpc) is 3.03. The van der Waals surface area contributed by atoms with E-state index in [0.29, 0.717) is 28.2 Å². The molecule has 0 aliphatic carbocycles. The Labute approximate surface area is 266 Å². The van der Waals surface area contributed by atoms with E-state index in [1.54, 1.807) is 4.90 Å². The van der Waals surface area contributed by atoms with Crippen LogP contribution >= 0.6 is 23.2 Å². The summed E-state index contributed by atoms with van der Waals surface area (Å²) < 4.78 is 0. The summed E-state index contributed by atoms with van der Waals surface area (Å²) in [6.45, 7) is 3.22. The maximum absolute atomic E-state index is 13.7. The van der Waals surface area contributed by atoms with Crippen LogP contribution in [-0.2, 0) is 4.79 Å². The van der Waals surface area contributed by atoms with E-state index in [4.69, 9.17) is 23.2 Å². The number of carbonyl (C=O) groups is 2. The largest absolute Gasteiger partial charge is 0.347 e. The van der Waals surface area contributed by atoms with Gasteiger partial charge in [-0.2, -0.15) is 0 Å². The molecule has 0 bridgehead atoms. The Morgan fingerprint density at radius 3 is 2.42 bits per heavy atom. The molecule has 0 spiro atoms. The Bertz CT molecular complexity index is 1440. The van der Waals surface area contributed by atoms with E-state index in [1.165, 1.54) is 6.42 Å². The number of carbonyl (C=O) groups excluding carboxylic acids is 2. The van der Waals surface area contributed by atoms with Gasteiger partial charge in [0.2, 0.25) is 5.91 Å². The lowest BCUT2D eigenvalue weighted by Gasteiger charge is -2.51. The molecule has 2 unspecified atom stereocenters. The van der Waals surface area contributed by atoms with E-state index in [1.807, 2.05) is 80.6 Å². The molecule has 0 saturated carbocycles. The molecule has 2 fully saturated rings. The number of likely N-dealkylation sites (tertiary alicyclic amines) is 1. The van der Waals surface area contributed by atoms with Crippen LogP contribution < -0.4 is 5.32 Å². The van der Waals surface area contributed by atoms with Gasteiger partial charge >= 0.3 is 0 Å². The van der Waals surface area contributed by atoms with E-state index >= 15 is 0 Å². The average molecular weight is 624 g/mol. The zero-order valence-electron chi connectivity index (χ0n) is 25.6. The Morgan fingerprint density at radius 1 is 0.953 bits per heavy atom. The van der Waals surface area contributed by atoms with E-state index in [2.05, 4.69) is 16.3 Å². The maximum Gasteiger partial charge on any atom is 0.253 e. The molecule has 3 aromatic carbocycles. The molecule has 2 atom stereocenters. The van der Waals surface area contributed by atoms with Crippen molar-refractivity contribution >= 4 is 45.8 Å². The van der Waals surface area contributed by atoms with Crippen LogP contribution in [0.4, 0.5) is 0 Å². The zero-order valence-corrected chi connectivity index (χ0v) is 27.1. The van der Waals surface area contributed by atoms with Gasteiger partial charge in [-0.05, 0) is 98.8 Å². The third kappa shape index (κ3) is 7.04. The standard InChI is InChI=1S/C35H44Cl2N4O2/c1-39(2)34(43)35(17-19-38-20-18-35)41-21-7-6-10-30(41)15-13-29(27-14-16-31(36)32(37)23-27)24-40(3)33(42)28-12-11-25-8-4-5-9-26(25)22-28/h4-5,8-9,11-12,14,16,22-23,29-30,38H,6-7,10,13,15,17-21,24H2,1-3H3. The number of nitrogens with one attached hydrogen (secondary N) is 1. The predicted molar refractivity (Wildman–Crippen MR) is 177 cm³/mol. The van der Waals surface area contributed by atoms with Crippen molar-refractivity contribution in [3.8, 4) is 0 Å². The van der Waals surface area contributed by atoms with E-state index < -0.39 is 5.54 Å². The Kier molecular flexibility index (Phi) is 10.3. The van der Waals surface area contributed by atoms with Gasteiger partial charge in [0, 0.05) is 45.2 Å². The maximum atomic E-state index is 13.7. The number of nitrogens with zero attached hydrogens (tertiary/aromatic N) is 3. The van der Waals surface area contributed by atoms with Crippen LogP contribution in [-0.4, -0.2) is 85.4 Å². The van der Waals surface area contributed by atoms with Gasteiger partial charge < -0.3 is 15.1 Å². The van der Waals surface area contributed by atoms with E-state index in [0.717, 1.165) is 74.5 Å². The van der Waals surface area contributed by atoms with Crippen LogP contribution in [0.5, 0.6) is 0 Å². The Morgan fingerprint density at radius 2 is 1.70 bits per heavy atom. The molecule has 5 rings (SSSR count). The second-order valence-corrected chi connectivity index (χ2v) is 13.3. The quantitative estimate of drug-likeness (QED) is 0.284. The minimum Gasteiger partial charge on any atom is -0.347 e. The van der Waals surface area contributed by atoms with Crippen molar-refractivity contribution in [1.29, 1.82) is 0 Å². The van der Waals surface area contributed by atoms with Gasteiger partial charge in [0.15, 0.2) is 0 Å². The second-order valence-electron chi connectivity index (χ2n) is 12.5. The molecule has 2 aliphatic heterocycles. The zero-order chi connectivity index (χ0) is 30.6. The third-order valence-corrected chi connectivity index (χ3v) is 10.3. The number of fused-ring (bicyclic) bond motifs is 1. The number of piperidine rings is 2.